The summed E-state index contributed by atoms with van der Waals surface area (Å²) in [4.78, 5) is 22.5. The predicted octanol–water partition coefficient (Wildman–Crippen LogP) is 4.45. The zero-order valence-electron chi connectivity index (χ0n) is 20.0. The van der Waals surface area contributed by atoms with E-state index in [9.17, 15) is 18.0 Å². The minimum absolute atomic E-state index is 0.0740. The number of nitrogen functional groups attached to an aromatic ring is 1. The van der Waals surface area contributed by atoms with Crippen LogP contribution in [0.5, 0.6) is 5.75 Å². The van der Waals surface area contributed by atoms with Gasteiger partial charge in [-0.15, -0.1) is 13.2 Å². The average Bonchev–Trinajstić information content (AvgIpc) is 3.39. The van der Waals surface area contributed by atoms with Crippen LogP contribution in [0.2, 0.25) is 0 Å². The van der Waals surface area contributed by atoms with Gasteiger partial charge in [-0.1, -0.05) is 0 Å². The quantitative estimate of drug-likeness (QED) is 0.352. The van der Waals surface area contributed by atoms with Crippen molar-refractivity contribution in [3.8, 4) is 5.75 Å². The Hall–Kier alpha value is -3.34. The van der Waals surface area contributed by atoms with Gasteiger partial charge in [0.25, 0.3) is 5.91 Å². The number of benzene rings is 1. The highest BCUT2D eigenvalue weighted by Gasteiger charge is 2.39. The Morgan fingerprint density at radius 2 is 1.97 bits per heavy atom. The number of nitrogens with two attached hydrogens (primary N) is 1. The fraction of sp³-hybridized carbons (Fsp3) is 0.462. The van der Waals surface area contributed by atoms with Crippen molar-refractivity contribution in [2.75, 3.05) is 31.9 Å². The molecule has 37 heavy (non-hydrogen) atoms. The van der Waals surface area contributed by atoms with Crippen LogP contribution in [0.1, 0.15) is 58.3 Å². The molecule has 3 aromatic rings. The van der Waals surface area contributed by atoms with Crippen LogP contribution in [0.25, 0.3) is 11.0 Å². The Labute approximate surface area is 210 Å². The molecule has 0 spiro atoms. The van der Waals surface area contributed by atoms with Gasteiger partial charge in [-0.2, -0.15) is 0 Å². The molecule has 7 nitrogen and oxygen atoms in total. The number of carbonyl (C=O) groups is 1. The monoisotopic (exact) mass is 517 g/mol. The number of aromatic amines is 1. The van der Waals surface area contributed by atoms with Crippen LogP contribution >= 0.6 is 0 Å². The minimum Gasteiger partial charge on any atom is -0.406 e. The van der Waals surface area contributed by atoms with E-state index >= 15 is 4.39 Å². The van der Waals surface area contributed by atoms with E-state index in [1.807, 2.05) is 0 Å². The molecule has 2 atom stereocenters. The zero-order valence-corrected chi connectivity index (χ0v) is 20.0. The van der Waals surface area contributed by atoms with E-state index in [0.29, 0.717) is 43.3 Å². The second-order valence-corrected chi connectivity index (χ2v) is 10.2. The maximum Gasteiger partial charge on any atom is 0.573 e. The highest BCUT2D eigenvalue weighted by atomic mass is 19.4. The summed E-state index contributed by atoms with van der Waals surface area (Å²) in [6, 6.07) is 3.32. The van der Waals surface area contributed by atoms with Crippen molar-refractivity contribution in [2.24, 2.45) is 5.92 Å². The Morgan fingerprint density at radius 1 is 1.19 bits per heavy atom. The van der Waals surface area contributed by atoms with Crippen molar-refractivity contribution in [1.82, 2.24) is 20.2 Å². The van der Waals surface area contributed by atoms with Crippen molar-refractivity contribution in [3.05, 3.63) is 52.6 Å². The fourth-order valence-corrected chi connectivity index (χ4v) is 6.42. The zero-order chi connectivity index (χ0) is 25.9. The minimum atomic E-state index is -4.85. The number of rotatable bonds is 3. The van der Waals surface area contributed by atoms with Crippen LogP contribution in [-0.4, -0.2) is 53.3 Å². The molecule has 3 aliphatic rings. The third kappa shape index (κ3) is 4.28. The van der Waals surface area contributed by atoms with Gasteiger partial charge in [0.1, 0.15) is 17.2 Å². The van der Waals surface area contributed by atoms with Crippen LogP contribution in [0.15, 0.2) is 24.4 Å². The number of ether oxygens (including phenoxy) is 1. The van der Waals surface area contributed by atoms with E-state index in [-0.39, 0.29) is 28.9 Å². The van der Waals surface area contributed by atoms with Gasteiger partial charge < -0.3 is 25.7 Å². The van der Waals surface area contributed by atoms with Crippen LogP contribution in [0, 0.1) is 11.7 Å². The number of alkyl halides is 3. The highest BCUT2D eigenvalue weighted by Crippen LogP contribution is 2.47. The first-order valence-corrected chi connectivity index (χ1v) is 12.5. The second kappa shape index (κ2) is 8.90. The van der Waals surface area contributed by atoms with Crippen LogP contribution < -0.4 is 15.8 Å². The third-order valence-electron chi connectivity index (χ3n) is 8.07. The second-order valence-electron chi connectivity index (χ2n) is 10.2. The summed E-state index contributed by atoms with van der Waals surface area (Å²) in [5.74, 6) is -0.291. The molecule has 11 heteroatoms. The van der Waals surface area contributed by atoms with Gasteiger partial charge >= 0.3 is 6.36 Å². The lowest BCUT2D eigenvalue weighted by atomic mass is 9.86. The molecular weight excluding hydrogens is 490 g/mol. The third-order valence-corrected chi connectivity index (χ3v) is 8.07. The Kier molecular flexibility index (Phi) is 5.78. The molecule has 0 radical (unpaired) electrons. The fourth-order valence-electron chi connectivity index (χ4n) is 6.42. The Balaban J connectivity index is 1.21. The van der Waals surface area contributed by atoms with E-state index in [0.717, 1.165) is 49.1 Å². The summed E-state index contributed by atoms with van der Waals surface area (Å²) in [6.45, 7) is 2.70. The number of amides is 1. The summed E-state index contributed by atoms with van der Waals surface area (Å²) in [6.07, 6.45) is -0.490. The van der Waals surface area contributed by atoms with Gasteiger partial charge in [-0.3, -0.25) is 4.79 Å². The van der Waals surface area contributed by atoms with Crippen molar-refractivity contribution in [2.45, 2.75) is 43.9 Å². The number of anilines is 1. The molecule has 4 heterocycles. The number of nitrogens with one attached hydrogen (secondary N) is 2. The first-order chi connectivity index (χ1) is 17.7. The van der Waals surface area contributed by atoms with Crippen LogP contribution in [0.3, 0.4) is 0 Å². The molecule has 0 unspecified atom stereocenters. The van der Waals surface area contributed by atoms with Crippen LogP contribution in [-0.2, 0) is 6.42 Å². The molecular formula is C26H27F4N5O2. The molecule has 1 aromatic carbocycles. The van der Waals surface area contributed by atoms with Gasteiger partial charge in [-0.05, 0) is 68.3 Å². The van der Waals surface area contributed by atoms with Crippen molar-refractivity contribution in [1.29, 1.82) is 0 Å². The normalized spacial score (nSPS) is 22.2. The van der Waals surface area contributed by atoms with E-state index in [4.69, 9.17) is 5.73 Å². The number of hydrogen-bond acceptors (Lipinski definition) is 5. The first kappa shape index (κ1) is 24.0. The maximum atomic E-state index is 15.3. The lowest BCUT2D eigenvalue weighted by Gasteiger charge is -2.33. The number of halogens is 4. The van der Waals surface area contributed by atoms with E-state index in [1.165, 1.54) is 23.5 Å². The summed E-state index contributed by atoms with van der Waals surface area (Å²) in [5.41, 5.74) is 9.69. The molecule has 0 saturated carbocycles. The first-order valence-electron chi connectivity index (χ1n) is 12.5. The highest BCUT2D eigenvalue weighted by molar-refractivity contribution is 5.99. The van der Waals surface area contributed by atoms with E-state index in [1.54, 1.807) is 4.90 Å². The number of nitrogens with zero attached hydrogens (tertiary/aromatic N) is 2. The molecule has 2 aliphatic heterocycles. The van der Waals surface area contributed by atoms with Crippen molar-refractivity contribution >= 4 is 22.6 Å². The van der Waals surface area contributed by atoms with Gasteiger partial charge in [-0.25, -0.2) is 9.37 Å². The number of fused-ring (bicyclic) bond motifs is 5. The lowest BCUT2D eigenvalue weighted by molar-refractivity contribution is -0.274. The topological polar surface area (TPSA) is 96.3 Å². The van der Waals surface area contributed by atoms with E-state index in [2.05, 4.69) is 20.0 Å². The SMILES string of the molecule is Nc1cc(OC(F)(F)F)ccc1C(=O)N1CCC(c2c(F)cnc3[nH]c4c(c23)C[C@@H]2CNCC[C@H]42)CC1. The predicted molar refractivity (Wildman–Crippen MR) is 129 cm³/mol. The van der Waals surface area contributed by atoms with Gasteiger partial charge in [0, 0.05) is 47.4 Å². The standard InChI is InChI=1S/C26H27F4N5O2/c27-19-12-33-24-22(18-9-14-11-32-6-3-16(14)23(18)34-24)21(19)13-4-7-35(8-5-13)25(36)17-2-1-15(10-20(17)31)37-26(28,29)30/h1-2,10,12-14,16,32H,3-9,11,31H2,(H,33,34)/t14-,16+/m1/s1. The van der Waals surface area contributed by atoms with Gasteiger partial charge in [0.15, 0.2) is 0 Å². The Morgan fingerprint density at radius 3 is 2.70 bits per heavy atom. The largest absolute Gasteiger partial charge is 0.573 e. The molecule has 2 aromatic heterocycles. The summed E-state index contributed by atoms with van der Waals surface area (Å²) in [5, 5.41) is 4.36. The molecule has 4 N–H and O–H groups in total. The Bertz CT molecular complexity index is 1360. The van der Waals surface area contributed by atoms with Gasteiger partial charge in [0.05, 0.1) is 11.8 Å². The number of likely N-dealkylation sites (tertiary alicyclic amines) is 1. The van der Waals surface area contributed by atoms with Crippen LogP contribution in [0.4, 0.5) is 23.2 Å². The molecule has 1 amide bonds. The average molecular weight is 518 g/mol. The summed E-state index contributed by atoms with van der Waals surface area (Å²) >= 11 is 0. The number of hydrogen-bond donors (Lipinski definition) is 3. The molecule has 1 aliphatic carbocycles. The molecule has 6 rings (SSSR count). The summed E-state index contributed by atoms with van der Waals surface area (Å²) < 4.78 is 56.6. The smallest absolute Gasteiger partial charge is 0.406 e. The number of H-pyrrole nitrogens is 1. The lowest BCUT2D eigenvalue weighted by Crippen LogP contribution is -2.38. The van der Waals surface area contributed by atoms with Crippen molar-refractivity contribution in [3.63, 3.8) is 0 Å². The molecule has 2 saturated heterocycles. The van der Waals surface area contributed by atoms with Gasteiger partial charge in [0.2, 0.25) is 0 Å². The maximum absolute atomic E-state index is 15.3. The molecule has 2 fully saturated rings. The van der Waals surface area contributed by atoms with Crippen molar-refractivity contribution < 1.29 is 27.1 Å². The number of carbonyl (C=O) groups excluding carboxylic acids is 1. The summed E-state index contributed by atoms with van der Waals surface area (Å²) in [7, 11) is 0. The molecule has 0 bridgehead atoms. The number of piperidine rings is 2. The molecule has 196 valence electrons. The van der Waals surface area contributed by atoms with E-state index < -0.39 is 12.1 Å². The number of aromatic nitrogens is 2. The number of pyridine rings is 1.